The van der Waals surface area contributed by atoms with Crippen molar-refractivity contribution in [2.45, 2.75) is 30.6 Å². The molecular formula is C13H15FN2O3S. The molecule has 1 aliphatic carbocycles. The first-order valence-electron chi connectivity index (χ1n) is 6.29. The minimum atomic E-state index is -0.935. The zero-order valence-corrected chi connectivity index (χ0v) is 11.8. The summed E-state index contributed by atoms with van der Waals surface area (Å²) in [5.74, 6) is -1.32. The fraction of sp³-hybridized carbons (Fsp3) is 0.462. The summed E-state index contributed by atoms with van der Waals surface area (Å²) in [7, 11) is 0. The molecule has 0 radical (unpaired) electrons. The van der Waals surface area contributed by atoms with Crippen LogP contribution in [0.2, 0.25) is 0 Å². The molecule has 0 saturated heterocycles. The average molecular weight is 298 g/mol. The monoisotopic (exact) mass is 298 g/mol. The van der Waals surface area contributed by atoms with Gasteiger partial charge in [0.05, 0.1) is 4.92 Å². The van der Waals surface area contributed by atoms with Gasteiger partial charge in [-0.2, -0.15) is 16.2 Å². The average Bonchev–Trinajstić information content (AvgIpc) is 2.86. The smallest absolute Gasteiger partial charge is 0.305 e. The maximum absolute atomic E-state index is 13.2. The number of nitrogens with zero attached hydrogens (tertiary/aromatic N) is 1. The molecule has 5 nitrogen and oxygen atoms in total. The molecule has 7 heteroatoms. The molecular weight excluding hydrogens is 283 g/mol. The van der Waals surface area contributed by atoms with Crippen molar-refractivity contribution in [1.29, 1.82) is 0 Å². The Hall–Kier alpha value is -1.63. The lowest BCUT2D eigenvalue weighted by atomic mass is 10.1. The van der Waals surface area contributed by atoms with E-state index in [1.165, 1.54) is 6.07 Å². The number of nitro groups is 1. The van der Waals surface area contributed by atoms with Crippen molar-refractivity contribution in [3.05, 3.63) is 39.7 Å². The molecule has 0 spiro atoms. The Bertz CT molecular complexity index is 538. The molecule has 1 amide bonds. The molecule has 1 aliphatic rings. The quantitative estimate of drug-likeness (QED) is 0.685. The summed E-state index contributed by atoms with van der Waals surface area (Å²) in [4.78, 5) is 21.8. The van der Waals surface area contributed by atoms with Crippen LogP contribution in [0.5, 0.6) is 0 Å². The molecule has 1 aromatic carbocycles. The van der Waals surface area contributed by atoms with Crippen LogP contribution in [-0.2, 0) is 0 Å². The van der Waals surface area contributed by atoms with E-state index in [2.05, 4.69) is 5.32 Å². The Morgan fingerprint density at radius 2 is 2.25 bits per heavy atom. The Balaban J connectivity index is 2.06. The lowest BCUT2D eigenvalue weighted by Gasteiger charge is -2.12. The van der Waals surface area contributed by atoms with Crippen molar-refractivity contribution in [2.24, 2.45) is 0 Å². The first-order chi connectivity index (χ1) is 9.51. The van der Waals surface area contributed by atoms with Gasteiger partial charge >= 0.3 is 5.69 Å². The van der Waals surface area contributed by atoms with E-state index in [1.54, 1.807) is 11.8 Å². The third-order valence-corrected chi connectivity index (χ3v) is 4.55. The third-order valence-electron chi connectivity index (χ3n) is 3.46. The van der Waals surface area contributed by atoms with E-state index in [-0.39, 0.29) is 17.5 Å². The van der Waals surface area contributed by atoms with Gasteiger partial charge < -0.3 is 5.32 Å². The van der Waals surface area contributed by atoms with Crippen LogP contribution in [0.4, 0.5) is 10.1 Å². The van der Waals surface area contributed by atoms with Gasteiger partial charge in [0.1, 0.15) is 0 Å². The normalized spacial score (nSPS) is 21.7. The lowest BCUT2D eigenvalue weighted by molar-refractivity contribution is -0.387. The van der Waals surface area contributed by atoms with Gasteiger partial charge in [-0.25, -0.2) is 0 Å². The molecule has 108 valence electrons. The topological polar surface area (TPSA) is 72.2 Å². The highest BCUT2D eigenvalue weighted by atomic mass is 32.2. The van der Waals surface area contributed by atoms with Crippen LogP contribution < -0.4 is 5.32 Å². The number of hydrogen-bond donors (Lipinski definition) is 1. The van der Waals surface area contributed by atoms with E-state index in [0.29, 0.717) is 5.25 Å². The second kappa shape index (κ2) is 6.21. The van der Waals surface area contributed by atoms with Gasteiger partial charge in [0, 0.05) is 22.9 Å². The van der Waals surface area contributed by atoms with Crippen molar-refractivity contribution in [3.63, 3.8) is 0 Å². The van der Waals surface area contributed by atoms with Crippen LogP contribution in [0.1, 0.15) is 29.6 Å². The Labute approximate surface area is 120 Å². The number of carbonyl (C=O) groups excluding carboxylic acids is 1. The highest BCUT2D eigenvalue weighted by molar-refractivity contribution is 7.99. The van der Waals surface area contributed by atoms with Gasteiger partial charge in [0.25, 0.3) is 5.91 Å². The number of nitro benzene ring substituents is 1. The summed E-state index contributed by atoms with van der Waals surface area (Å²) >= 11 is 1.78. The zero-order valence-electron chi connectivity index (χ0n) is 11.0. The summed E-state index contributed by atoms with van der Waals surface area (Å²) in [5.41, 5.74) is -0.559. The van der Waals surface area contributed by atoms with Crippen LogP contribution in [-0.4, -0.2) is 28.4 Å². The Morgan fingerprint density at radius 3 is 2.85 bits per heavy atom. The molecule has 2 unspecified atom stereocenters. The van der Waals surface area contributed by atoms with Gasteiger partial charge in [0.2, 0.25) is 5.82 Å². The minimum Gasteiger partial charge on any atom is -0.349 e. The first kappa shape index (κ1) is 14.8. The maximum Gasteiger partial charge on any atom is 0.305 e. The molecule has 1 saturated carbocycles. The van der Waals surface area contributed by atoms with Crippen LogP contribution in [0, 0.1) is 15.9 Å². The lowest BCUT2D eigenvalue weighted by Crippen LogP contribution is -2.33. The molecule has 2 rings (SSSR count). The summed E-state index contributed by atoms with van der Waals surface area (Å²) in [5, 5.41) is 14.0. The fourth-order valence-corrected chi connectivity index (χ4v) is 3.14. The van der Waals surface area contributed by atoms with Crippen molar-refractivity contribution >= 4 is 23.4 Å². The Morgan fingerprint density at radius 1 is 1.50 bits per heavy atom. The number of thioether (sulfide) groups is 1. The number of benzene rings is 1. The molecule has 1 aromatic rings. The predicted octanol–water partition coefficient (Wildman–Crippen LogP) is 2.75. The van der Waals surface area contributed by atoms with Crippen LogP contribution in [0.15, 0.2) is 18.2 Å². The van der Waals surface area contributed by atoms with E-state index in [4.69, 9.17) is 0 Å². The summed E-state index contributed by atoms with van der Waals surface area (Å²) < 4.78 is 13.2. The van der Waals surface area contributed by atoms with Gasteiger partial charge in [0.15, 0.2) is 0 Å². The molecule has 0 aliphatic heterocycles. The van der Waals surface area contributed by atoms with E-state index in [1.807, 2.05) is 6.26 Å². The first-order valence-corrected chi connectivity index (χ1v) is 7.57. The van der Waals surface area contributed by atoms with Crippen LogP contribution >= 0.6 is 11.8 Å². The second-order valence-corrected chi connectivity index (χ2v) is 5.90. The Kier molecular flexibility index (Phi) is 4.59. The molecule has 1 N–H and O–H groups in total. The highest BCUT2D eigenvalue weighted by Crippen LogP contribution is 2.28. The van der Waals surface area contributed by atoms with E-state index >= 15 is 0 Å². The molecule has 0 aromatic heterocycles. The molecule has 0 bridgehead atoms. The van der Waals surface area contributed by atoms with Crippen LogP contribution in [0.25, 0.3) is 0 Å². The van der Waals surface area contributed by atoms with Gasteiger partial charge in [-0.3, -0.25) is 14.9 Å². The van der Waals surface area contributed by atoms with Crippen LogP contribution in [0.3, 0.4) is 0 Å². The second-order valence-electron chi connectivity index (χ2n) is 4.76. The van der Waals surface area contributed by atoms with E-state index in [9.17, 15) is 19.3 Å². The molecule has 1 fully saturated rings. The predicted molar refractivity (Wildman–Crippen MR) is 75.5 cm³/mol. The third kappa shape index (κ3) is 3.27. The molecule has 20 heavy (non-hydrogen) atoms. The van der Waals surface area contributed by atoms with Crippen molar-refractivity contribution in [3.8, 4) is 0 Å². The number of carbonyl (C=O) groups is 1. The zero-order chi connectivity index (χ0) is 14.7. The minimum absolute atomic E-state index is 0.0871. The fourth-order valence-electron chi connectivity index (χ4n) is 2.35. The van der Waals surface area contributed by atoms with Gasteiger partial charge in [-0.15, -0.1) is 0 Å². The van der Waals surface area contributed by atoms with E-state index in [0.717, 1.165) is 31.4 Å². The maximum atomic E-state index is 13.2. The molecule has 0 heterocycles. The van der Waals surface area contributed by atoms with Crippen molar-refractivity contribution in [2.75, 3.05) is 6.26 Å². The standard InChI is InChI=1S/C13H15FN2O3S/c1-20-10-4-3-9(7-10)15-13(17)8-2-5-11(14)12(6-8)16(18)19/h2,5-6,9-10H,3-4,7H2,1H3,(H,15,17). The van der Waals surface area contributed by atoms with Gasteiger partial charge in [-0.1, -0.05) is 0 Å². The van der Waals surface area contributed by atoms with E-state index < -0.39 is 16.4 Å². The van der Waals surface area contributed by atoms with Crippen molar-refractivity contribution < 1.29 is 14.1 Å². The molecule has 2 atom stereocenters. The number of nitrogens with one attached hydrogen (secondary N) is 1. The largest absolute Gasteiger partial charge is 0.349 e. The summed E-state index contributed by atoms with van der Waals surface area (Å²) in [6.07, 6.45) is 4.89. The van der Waals surface area contributed by atoms with Crippen molar-refractivity contribution in [1.82, 2.24) is 5.32 Å². The van der Waals surface area contributed by atoms with Gasteiger partial charge in [-0.05, 0) is 37.7 Å². The number of amides is 1. The summed E-state index contributed by atoms with van der Waals surface area (Å²) in [6, 6.07) is 3.28. The number of rotatable bonds is 4. The number of hydrogen-bond acceptors (Lipinski definition) is 4. The SMILES string of the molecule is CSC1CCC(NC(=O)c2ccc(F)c([N+](=O)[O-])c2)C1. The number of halogens is 1. The highest BCUT2D eigenvalue weighted by Gasteiger charge is 2.26. The summed E-state index contributed by atoms with van der Waals surface area (Å²) in [6.45, 7) is 0.